The van der Waals surface area contributed by atoms with Gasteiger partial charge in [0.05, 0.1) is 18.8 Å². The molecule has 0 N–H and O–H groups in total. The average Bonchev–Trinajstić information content (AvgIpc) is 2.67. The third kappa shape index (κ3) is 4.70. The Morgan fingerprint density at radius 3 is 2.07 bits per heavy atom. The number of hydrogen-bond acceptors (Lipinski definition) is 6. The first kappa shape index (κ1) is 19.9. The Hall–Kier alpha value is -1.87. The van der Waals surface area contributed by atoms with Crippen LogP contribution in [-0.4, -0.2) is 32.7 Å². The molecular formula is C17H15Cl2NO6S. The predicted molar refractivity (Wildman–Crippen MR) is 101 cm³/mol. The van der Waals surface area contributed by atoms with Gasteiger partial charge in [-0.15, -0.1) is 0 Å². The molecule has 7 nitrogen and oxygen atoms in total. The maximum Gasteiger partial charge on any atom is 0.264 e. The molecule has 0 saturated carbocycles. The molecule has 2 aromatic carbocycles. The molecule has 1 heterocycles. The van der Waals surface area contributed by atoms with Crippen molar-refractivity contribution in [3.05, 3.63) is 67.7 Å². The number of hydrogen-bond donors (Lipinski definition) is 0. The first-order valence-electron chi connectivity index (χ1n) is 7.87. The van der Waals surface area contributed by atoms with Crippen LogP contribution in [0.15, 0.2) is 36.4 Å². The molecule has 1 aliphatic heterocycles. The molecule has 0 aliphatic carbocycles. The van der Waals surface area contributed by atoms with Crippen molar-refractivity contribution in [2.75, 3.05) is 19.4 Å². The Balaban J connectivity index is 2.19. The maximum absolute atomic E-state index is 11.5. The van der Waals surface area contributed by atoms with Crippen LogP contribution in [0.25, 0.3) is 0 Å². The van der Waals surface area contributed by atoms with E-state index in [9.17, 15) is 18.5 Å². The van der Waals surface area contributed by atoms with Gasteiger partial charge in [-0.05, 0) is 36.4 Å². The molecule has 0 radical (unpaired) electrons. The van der Waals surface area contributed by atoms with Gasteiger partial charge >= 0.3 is 0 Å². The number of halogens is 2. The van der Waals surface area contributed by atoms with Crippen molar-refractivity contribution in [1.29, 1.82) is 0 Å². The summed E-state index contributed by atoms with van der Waals surface area (Å²) in [4.78, 5) is 10.9. The molecule has 3 rings (SSSR count). The Bertz CT molecular complexity index is 995. The van der Waals surface area contributed by atoms with E-state index in [1.165, 1.54) is 0 Å². The first-order chi connectivity index (χ1) is 12.6. The van der Waals surface area contributed by atoms with Gasteiger partial charge in [-0.1, -0.05) is 23.2 Å². The summed E-state index contributed by atoms with van der Waals surface area (Å²) in [6.07, 6.45) is 0.923. The smallest absolute Gasteiger partial charge is 0.264 e. The van der Waals surface area contributed by atoms with Crippen molar-refractivity contribution >= 4 is 33.3 Å². The summed E-state index contributed by atoms with van der Waals surface area (Å²) in [5, 5.41) is 12.1. The molecule has 27 heavy (non-hydrogen) atoms. The van der Waals surface area contributed by atoms with E-state index >= 15 is 0 Å². The number of ether oxygens (including phenoxy) is 1. The van der Waals surface area contributed by atoms with E-state index < -0.39 is 33.4 Å². The quantitative estimate of drug-likeness (QED) is 0.399. The summed E-state index contributed by atoms with van der Waals surface area (Å²) in [5.74, 6) is -0.568. The van der Waals surface area contributed by atoms with Gasteiger partial charge in [0.1, 0.15) is 11.5 Å². The van der Waals surface area contributed by atoms with E-state index in [-0.39, 0.29) is 6.61 Å². The molecule has 0 amide bonds. The molecule has 0 bridgehead atoms. The number of nitrogens with zero attached hydrogens (tertiary/aromatic N) is 1. The third-order valence-electron chi connectivity index (χ3n) is 4.26. The van der Waals surface area contributed by atoms with Gasteiger partial charge in [0, 0.05) is 32.0 Å². The van der Waals surface area contributed by atoms with Gasteiger partial charge in [0.15, 0.2) is 0 Å². The van der Waals surface area contributed by atoms with Crippen molar-refractivity contribution in [2.45, 2.75) is 11.8 Å². The summed E-state index contributed by atoms with van der Waals surface area (Å²) in [5.41, 5.74) is 1.04. The fourth-order valence-electron chi connectivity index (χ4n) is 3.15. The summed E-state index contributed by atoms with van der Waals surface area (Å²) in [6.45, 7) is -0.750. The molecule has 1 aliphatic rings. The molecule has 10 heteroatoms. The number of nitro groups is 1. The van der Waals surface area contributed by atoms with Crippen molar-refractivity contribution < 1.29 is 22.3 Å². The van der Waals surface area contributed by atoms with Crippen LogP contribution in [0.4, 0.5) is 0 Å². The summed E-state index contributed by atoms with van der Waals surface area (Å²) in [7, 11) is -3.76. The minimum absolute atomic E-state index is 0.292. The molecule has 2 atom stereocenters. The van der Waals surface area contributed by atoms with Gasteiger partial charge in [-0.2, -0.15) is 8.42 Å². The molecule has 2 aromatic rings. The average molecular weight is 432 g/mol. The zero-order chi connectivity index (χ0) is 19.8. The van der Waals surface area contributed by atoms with Crippen LogP contribution in [0.5, 0.6) is 11.5 Å². The van der Waals surface area contributed by atoms with Crippen LogP contribution in [0.2, 0.25) is 10.0 Å². The molecule has 0 aromatic heterocycles. The lowest BCUT2D eigenvalue weighted by Crippen LogP contribution is -2.24. The van der Waals surface area contributed by atoms with E-state index in [0.717, 1.165) is 6.26 Å². The lowest BCUT2D eigenvalue weighted by Gasteiger charge is -2.23. The third-order valence-corrected chi connectivity index (χ3v) is 5.29. The highest BCUT2D eigenvalue weighted by Crippen LogP contribution is 2.48. The van der Waals surface area contributed by atoms with E-state index in [1.54, 1.807) is 36.4 Å². The largest absolute Gasteiger partial charge is 0.457 e. The van der Waals surface area contributed by atoms with Gasteiger partial charge in [-0.3, -0.25) is 14.3 Å². The van der Waals surface area contributed by atoms with Crippen LogP contribution < -0.4 is 4.74 Å². The fraction of sp³-hybridized carbons (Fsp3) is 0.294. The van der Waals surface area contributed by atoms with Crippen molar-refractivity contribution in [2.24, 2.45) is 0 Å². The lowest BCUT2D eigenvalue weighted by molar-refractivity contribution is -0.484. The van der Waals surface area contributed by atoms with Gasteiger partial charge in [0.2, 0.25) is 6.54 Å². The minimum Gasteiger partial charge on any atom is -0.457 e. The Labute approximate surface area is 166 Å². The van der Waals surface area contributed by atoms with Crippen LogP contribution in [0.1, 0.15) is 23.0 Å². The topological polar surface area (TPSA) is 95.7 Å². The van der Waals surface area contributed by atoms with Gasteiger partial charge in [-0.25, -0.2) is 0 Å². The molecule has 144 valence electrons. The Morgan fingerprint density at radius 2 is 1.59 bits per heavy atom. The summed E-state index contributed by atoms with van der Waals surface area (Å²) < 4.78 is 34.0. The van der Waals surface area contributed by atoms with Crippen molar-refractivity contribution in [3.8, 4) is 11.5 Å². The molecular weight excluding hydrogens is 417 g/mol. The van der Waals surface area contributed by atoms with Crippen LogP contribution >= 0.6 is 23.2 Å². The second-order valence-corrected chi connectivity index (χ2v) is 8.70. The Kier molecular flexibility index (Phi) is 5.62. The Morgan fingerprint density at radius 1 is 1.07 bits per heavy atom. The first-order valence-corrected chi connectivity index (χ1v) is 10.4. The van der Waals surface area contributed by atoms with Crippen LogP contribution in [0, 0.1) is 10.1 Å². The predicted octanol–water partition coefficient (Wildman–Crippen LogP) is 4.22. The van der Waals surface area contributed by atoms with Gasteiger partial charge in [0.25, 0.3) is 10.1 Å². The standard InChI is InChI=1S/C17H15Cl2NO6S/c1-27(23,24)25-9-15-13-7-11(19)3-5-17(13)26-16-4-2-10(18)6-12(16)14(15)8-20(21)22/h2-7,14-15H,8-9H2,1H3/t14-,15-/m0/s1. The number of fused-ring (bicyclic) bond motifs is 2. The van der Waals surface area contributed by atoms with Crippen molar-refractivity contribution in [3.63, 3.8) is 0 Å². The number of rotatable bonds is 5. The highest BCUT2D eigenvalue weighted by molar-refractivity contribution is 7.85. The SMILES string of the molecule is CS(=O)(=O)OC[C@H]1c2cc(Cl)ccc2Oc2ccc(Cl)cc2[C@@H]1C[N+](=O)[O-]. The molecule has 0 spiro atoms. The summed E-state index contributed by atoms with van der Waals surface area (Å²) >= 11 is 12.2. The zero-order valence-corrected chi connectivity index (χ0v) is 16.4. The highest BCUT2D eigenvalue weighted by atomic mass is 35.5. The fourth-order valence-corrected chi connectivity index (χ4v) is 3.90. The second-order valence-electron chi connectivity index (χ2n) is 6.18. The van der Waals surface area contributed by atoms with E-state index in [4.69, 9.17) is 32.1 Å². The normalized spacial score (nSPS) is 18.8. The van der Waals surface area contributed by atoms with E-state index in [0.29, 0.717) is 32.7 Å². The van der Waals surface area contributed by atoms with Crippen LogP contribution in [-0.2, 0) is 14.3 Å². The molecule has 0 saturated heterocycles. The summed E-state index contributed by atoms with van der Waals surface area (Å²) in [6, 6.07) is 9.70. The van der Waals surface area contributed by atoms with E-state index in [2.05, 4.69) is 0 Å². The second kappa shape index (κ2) is 7.63. The monoisotopic (exact) mass is 431 g/mol. The van der Waals surface area contributed by atoms with Crippen LogP contribution in [0.3, 0.4) is 0 Å². The highest BCUT2D eigenvalue weighted by Gasteiger charge is 2.37. The minimum atomic E-state index is -3.76. The number of benzene rings is 2. The zero-order valence-electron chi connectivity index (χ0n) is 14.1. The maximum atomic E-state index is 11.5. The molecule has 0 unspecified atom stereocenters. The lowest BCUT2D eigenvalue weighted by atomic mass is 9.82. The van der Waals surface area contributed by atoms with E-state index in [1.807, 2.05) is 0 Å². The van der Waals surface area contributed by atoms with Crippen molar-refractivity contribution in [1.82, 2.24) is 0 Å². The van der Waals surface area contributed by atoms with Gasteiger partial charge < -0.3 is 4.74 Å². The molecule has 0 fully saturated rings.